The summed E-state index contributed by atoms with van der Waals surface area (Å²) in [5.41, 5.74) is 2.25. The second kappa shape index (κ2) is 10.5. The van der Waals surface area contributed by atoms with Gasteiger partial charge in [0.1, 0.15) is 17.2 Å². The summed E-state index contributed by atoms with van der Waals surface area (Å²) < 4.78 is 16.2. The first-order valence-corrected chi connectivity index (χ1v) is 11.5. The van der Waals surface area contributed by atoms with E-state index in [1.54, 1.807) is 12.1 Å². The third-order valence-corrected chi connectivity index (χ3v) is 6.89. The number of esters is 2. The summed E-state index contributed by atoms with van der Waals surface area (Å²) >= 11 is 8.06. The van der Waals surface area contributed by atoms with Crippen LogP contribution in [0.3, 0.4) is 0 Å². The summed E-state index contributed by atoms with van der Waals surface area (Å²) in [6, 6.07) is 5.36. The number of aryl methyl sites for hydroxylation is 1. The van der Waals surface area contributed by atoms with Crippen molar-refractivity contribution in [3.63, 3.8) is 0 Å². The maximum absolute atomic E-state index is 12.1. The van der Waals surface area contributed by atoms with Gasteiger partial charge in [0, 0.05) is 22.9 Å². The lowest BCUT2D eigenvalue weighted by Gasteiger charge is -2.18. The van der Waals surface area contributed by atoms with Crippen LogP contribution in [0.5, 0.6) is 5.75 Å². The number of benzene rings is 1. The summed E-state index contributed by atoms with van der Waals surface area (Å²) in [6.07, 6.45) is 2.83. The fraction of sp³-hybridized carbons (Fsp3) is 0.478. The molecule has 0 bridgehead atoms. The highest BCUT2D eigenvalue weighted by Crippen LogP contribution is 2.43. The van der Waals surface area contributed by atoms with Crippen LogP contribution in [0, 0.1) is 5.92 Å². The van der Waals surface area contributed by atoms with Gasteiger partial charge in [0.25, 0.3) is 0 Å². The minimum absolute atomic E-state index is 0.0888. The number of aliphatic hydroxyl groups is 1. The Balaban J connectivity index is 2.00. The van der Waals surface area contributed by atoms with E-state index < -0.39 is 5.97 Å². The zero-order chi connectivity index (χ0) is 22.5. The van der Waals surface area contributed by atoms with E-state index in [2.05, 4.69) is 0 Å². The lowest BCUT2D eigenvalue weighted by atomic mass is 10.0. The second-order valence-electron chi connectivity index (χ2n) is 7.67. The van der Waals surface area contributed by atoms with Crippen LogP contribution in [0.2, 0.25) is 5.02 Å². The number of carbonyl (C=O) groups is 2. The van der Waals surface area contributed by atoms with Crippen LogP contribution in [0.4, 0.5) is 0 Å². The molecule has 0 saturated heterocycles. The lowest BCUT2D eigenvalue weighted by molar-refractivity contribution is -0.142. The Morgan fingerprint density at radius 2 is 2.03 bits per heavy atom. The van der Waals surface area contributed by atoms with E-state index in [1.807, 2.05) is 13.0 Å². The monoisotopic (exact) mass is 466 g/mol. The Bertz CT molecular complexity index is 954. The fourth-order valence-electron chi connectivity index (χ4n) is 3.79. The molecule has 8 heteroatoms. The normalized spacial score (nSPS) is 18.1. The molecule has 2 atom stereocenters. The number of carbonyl (C=O) groups excluding carboxylic acids is 2. The number of rotatable bonds is 8. The quantitative estimate of drug-likeness (QED) is 0.550. The number of hydrogen-bond donors (Lipinski definition) is 1. The van der Waals surface area contributed by atoms with Crippen LogP contribution in [0.25, 0.3) is 11.1 Å². The molecule has 3 rings (SSSR count). The molecule has 0 spiro atoms. The first-order chi connectivity index (χ1) is 14.8. The Labute approximate surface area is 191 Å². The van der Waals surface area contributed by atoms with Gasteiger partial charge < -0.3 is 19.3 Å². The molecule has 1 fully saturated rings. The molecule has 2 aromatic rings. The highest BCUT2D eigenvalue weighted by atomic mass is 35.5. The van der Waals surface area contributed by atoms with Crippen molar-refractivity contribution in [3.05, 3.63) is 38.5 Å². The number of hydrogen-bond acceptors (Lipinski definition) is 7. The average Bonchev–Trinajstić information content (AvgIpc) is 3.35. The van der Waals surface area contributed by atoms with Crippen LogP contribution in [0.1, 0.15) is 53.2 Å². The minimum atomic E-state index is -0.393. The van der Waals surface area contributed by atoms with E-state index in [-0.39, 0.29) is 24.6 Å². The maximum Gasteiger partial charge on any atom is 0.348 e. The average molecular weight is 467 g/mol. The number of aliphatic hydroxyl groups excluding tert-OH is 1. The first-order valence-electron chi connectivity index (χ1n) is 10.3. The standard InChI is InChI=1S/C23H27ClO6S/c1-4-20-17(10-21(31-20)23(27)28-3)22-18(24)8-15(12-29-13(2)25)9-19(22)30-11-14-5-6-16(26)7-14/h8-10,14,16,26H,4-7,11-12H2,1-3H3/t14-,16-/m0/s1. The molecular weight excluding hydrogens is 440 g/mol. The first kappa shape index (κ1) is 23.6. The van der Waals surface area contributed by atoms with Gasteiger partial charge >= 0.3 is 11.9 Å². The second-order valence-corrected chi connectivity index (χ2v) is 9.21. The molecule has 1 N–H and O–H groups in total. The van der Waals surface area contributed by atoms with E-state index in [0.29, 0.717) is 39.8 Å². The zero-order valence-corrected chi connectivity index (χ0v) is 19.5. The Hall–Kier alpha value is -2.09. The fourth-order valence-corrected chi connectivity index (χ4v) is 5.15. The van der Waals surface area contributed by atoms with Crippen molar-refractivity contribution in [1.29, 1.82) is 0 Å². The highest BCUT2D eigenvalue weighted by molar-refractivity contribution is 7.14. The molecule has 0 aliphatic heterocycles. The number of ether oxygens (including phenoxy) is 3. The molecule has 0 amide bonds. The zero-order valence-electron chi connectivity index (χ0n) is 17.9. The molecule has 1 aliphatic rings. The van der Waals surface area contributed by atoms with E-state index in [0.717, 1.165) is 29.7 Å². The molecule has 1 heterocycles. The van der Waals surface area contributed by atoms with Crippen LogP contribution in [-0.4, -0.2) is 36.9 Å². The van der Waals surface area contributed by atoms with Gasteiger partial charge in [-0.2, -0.15) is 0 Å². The van der Waals surface area contributed by atoms with Crippen molar-refractivity contribution >= 4 is 34.9 Å². The van der Waals surface area contributed by atoms with Gasteiger partial charge in [0.05, 0.1) is 24.8 Å². The Morgan fingerprint density at radius 3 is 2.65 bits per heavy atom. The SMILES string of the molecule is CCc1sc(C(=O)OC)cc1-c1c(Cl)cc(COC(C)=O)cc1OC[C@H]1CC[C@H](O)C1. The summed E-state index contributed by atoms with van der Waals surface area (Å²) in [5, 5.41) is 10.3. The highest BCUT2D eigenvalue weighted by Gasteiger charge is 2.25. The number of halogens is 1. The van der Waals surface area contributed by atoms with Crippen molar-refractivity contribution < 1.29 is 28.9 Å². The van der Waals surface area contributed by atoms with Crippen molar-refractivity contribution in [2.45, 2.75) is 52.2 Å². The van der Waals surface area contributed by atoms with Crippen molar-refractivity contribution in [3.8, 4) is 16.9 Å². The Kier molecular flexibility index (Phi) is 7.97. The van der Waals surface area contributed by atoms with Gasteiger partial charge in [0.2, 0.25) is 0 Å². The lowest BCUT2D eigenvalue weighted by Crippen LogP contribution is -2.11. The van der Waals surface area contributed by atoms with Crippen molar-refractivity contribution in [2.24, 2.45) is 5.92 Å². The van der Waals surface area contributed by atoms with E-state index in [4.69, 9.17) is 25.8 Å². The topological polar surface area (TPSA) is 82.1 Å². The summed E-state index contributed by atoms with van der Waals surface area (Å²) in [4.78, 5) is 24.8. The molecule has 0 radical (unpaired) electrons. The van der Waals surface area contributed by atoms with Crippen molar-refractivity contribution in [2.75, 3.05) is 13.7 Å². The summed E-state index contributed by atoms with van der Waals surface area (Å²) in [6.45, 7) is 3.91. The predicted molar refractivity (Wildman–Crippen MR) is 120 cm³/mol. The molecule has 1 saturated carbocycles. The third-order valence-electron chi connectivity index (χ3n) is 5.33. The number of methoxy groups -OCH3 is 1. The maximum atomic E-state index is 12.1. The Morgan fingerprint density at radius 1 is 1.26 bits per heavy atom. The predicted octanol–water partition coefficient (Wildman–Crippen LogP) is 5.02. The van der Waals surface area contributed by atoms with Crippen LogP contribution in [0.15, 0.2) is 18.2 Å². The molecule has 31 heavy (non-hydrogen) atoms. The third kappa shape index (κ3) is 5.79. The van der Waals surface area contributed by atoms with Gasteiger partial charge in [-0.1, -0.05) is 18.5 Å². The van der Waals surface area contributed by atoms with E-state index in [1.165, 1.54) is 25.4 Å². The largest absolute Gasteiger partial charge is 0.493 e. The van der Waals surface area contributed by atoms with Gasteiger partial charge in [-0.25, -0.2) is 4.79 Å². The van der Waals surface area contributed by atoms with Crippen molar-refractivity contribution in [1.82, 2.24) is 0 Å². The molecular formula is C23H27ClO6S. The van der Waals surface area contributed by atoms with Gasteiger partial charge in [-0.15, -0.1) is 11.3 Å². The van der Waals surface area contributed by atoms with Gasteiger partial charge in [-0.05, 0) is 55.4 Å². The number of thiophene rings is 1. The van der Waals surface area contributed by atoms with Gasteiger partial charge in [0.15, 0.2) is 0 Å². The summed E-state index contributed by atoms with van der Waals surface area (Å²) in [5.74, 6) is 0.0601. The molecule has 0 unspecified atom stereocenters. The molecule has 6 nitrogen and oxygen atoms in total. The summed E-state index contributed by atoms with van der Waals surface area (Å²) in [7, 11) is 1.36. The van der Waals surface area contributed by atoms with E-state index in [9.17, 15) is 14.7 Å². The van der Waals surface area contributed by atoms with Gasteiger partial charge in [-0.3, -0.25) is 4.79 Å². The van der Waals surface area contributed by atoms with Crippen LogP contribution < -0.4 is 4.74 Å². The van der Waals surface area contributed by atoms with Crippen LogP contribution in [-0.2, 0) is 27.3 Å². The minimum Gasteiger partial charge on any atom is -0.493 e. The van der Waals surface area contributed by atoms with E-state index >= 15 is 0 Å². The molecule has 1 aromatic carbocycles. The smallest absolute Gasteiger partial charge is 0.348 e. The molecule has 1 aromatic heterocycles. The van der Waals surface area contributed by atoms with Crippen LogP contribution >= 0.6 is 22.9 Å². The molecule has 1 aliphatic carbocycles. The molecule has 168 valence electrons.